The van der Waals surface area contributed by atoms with Crippen LogP contribution >= 0.6 is 11.8 Å². The number of nitrogens with one attached hydrogen (secondary N) is 1. The van der Waals surface area contributed by atoms with Gasteiger partial charge in [0.2, 0.25) is 0 Å². The van der Waals surface area contributed by atoms with E-state index >= 15 is 0 Å². The minimum Gasteiger partial charge on any atom is -0.316 e. The third-order valence-corrected chi connectivity index (χ3v) is 4.89. The molecule has 0 bridgehead atoms. The highest BCUT2D eigenvalue weighted by atomic mass is 32.2. The van der Waals surface area contributed by atoms with Gasteiger partial charge in [-0.05, 0) is 49.3 Å². The first kappa shape index (κ1) is 10.8. The van der Waals surface area contributed by atoms with Gasteiger partial charge in [-0.15, -0.1) is 0 Å². The van der Waals surface area contributed by atoms with Crippen molar-refractivity contribution in [3.8, 4) is 0 Å². The van der Waals surface area contributed by atoms with E-state index in [1.165, 1.54) is 63.1 Å². The van der Waals surface area contributed by atoms with Gasteiger partial charge < -0.3 is 5.32 Å². The minimum absolute atomic E-state index is 0.976. The molecule has 0 aromatic carbocycles. The molecule has 0 aromatic heterocycles. The zero-order valence-electron chi connectivity index (χ0n) is 9.13. The van der Waals surface area contributed by atoms with E-state index in [2.05, 4.69) is 17.1 Å². The van der Waals surface area contributed by atoms with Crippen LogP contribution in [-0.4, -0.2) is 24.6 Å². The fourth-order valence-electron chi connectivity index (χ4n) is 2.66. The maximum Gasteiger partial charge on any atom is -0.00123 e. The van der Waals surface area contributed by atoms with Crippen LogP contribution in [0.2, 0.25) is 0 Å². The van der Waals surface area contributed by atoms with Gasteiger partial charge in [-0.25, -0.2) is 0 Å². The van der Waals surface area contributed by atoms with Crippen molar-refractivity contribution in [3.05, 3.63) is 0 Å². The number of hydrogen-bond acceptors (Lipinski definition) is 2. The molecule has 0 spiro atoms. The Hall–Kier alpha value is 0.310. The maximum atomic E-state index is 3.64. The maximum absolute atomic E-state index is 3.64. The van der Waals surface area contributed by atoms with E-state index in [1.807, 2.05) is 0 Å². The van der Waals surface area contributed by atoms with Gasteiger partial charge in [0.05, 0.1) is 0 Å². The topological polar surface area (TPSA) is 12.0 Å². The summed E-state index contributed by atoms with van der Waals surface area (Å²) in [5, 5.41) is 3.64. The first-order chi connectivity index (χ1) is 6.95. The Bertz CT molecular complexity index is 130. The molecule has 1 nitrogen and oxygen atoms in total. The Balaban J connectivity index is 1.46. The van der Waals surface area contributed by atoms with E-state index < -0.39 is 0 Å². The highest BCUT2D eigenvalue weighted by Crippen LogP contribution is 2.27. The van der Waals surface area contributed by atoms with E-state index in [1.54, 1.807) is 0 Å². The predicted molar refractivity (Wildman–Crippen MR) is 64.9 cm³/mol. The molecule has 1 saturated heterocycles. The Kier molecular flexibility index (Phi) is 4.65. The van der Waals surface area contributed by atoms with Gasteiger partial charge in [-0.1, -0.05) is 25.7 Å². The second-order valence-corrected chi connectivity index (χ2v) is 6.02. The standard InChI is InChI=1S/C12H23NS/c1-2-4-11(3-1)5-7-13-9-12-6-8-14-10-12/h11-13H,1-10H2. The van der Waals surface area contributed by atoms with Crippen LogP contribution in [0.4, 0.5) is 0 Å². The summed E-state index contributed by atoms with van der Waals surface area (Å²) in [6.07, 6.45) is 8.86. The van der Waals surface area contributed by atoms with Crippen molar-refractivity contribution in [2.75, 3.05) is 24.6 Å². The summed E-state index contributed by atoms with van der Waals surface area (Å²) in [4.78, 5) is 0. The second kappa shape index (κ2) is 6.02. The molecule has 0 amide bonds. The summed E-state index contributed by atoms with van der Waals surface area (Å²) in [6, 6.07) is 0. The molecule has 1 aliphatic heterocycles. The molecular formula is C12H23NS. The monoisotopic (exact) mass is 213 g/mol. The first-order valence-electron chi connectivity index (χ1n) is 6.23. The van der Waals surface area contributed by atoms with Crippen LogP contribution in [0.25, 0.3) is 0 Å². The van der Waals surface area contributed by atoms with Crippen molar-refractivity contribution >= 4 is 11.8 Å². The highest BCUT2D eigenvalue weighted by molar-refractivity contribution is 7.99. The second-order valence-electron chi connectivity index (χ2n) is 4.87. The van der Waals surface area contributed by atoms with Gasteiger partial charge >= 0.3 is 0 Å². The van der Waals surface area contributed by atoms with Crippen molar-refractivity contribution in [1.82, 2.24) is 5.32 Å². The molecule has 14 heavy (non-hydrogen) atoms. The number of hydrogen-bond donors (Lipinski definition) is 1. The van der Waals surface area contributed by atoms with E-state index in [0.717, 1.165) is 11.8 Å². The number of rotatable bonds is 5. The van der Waals surface area contributed by atoms with Gasteiger partial charge in [0.1, 0.15) is 0 Å². The SMILES string of the molecule is C1CCC(CCNCC2CCSC2)C1. The summed E-state index contributed by atoms with van der Waals surface area (Å²) in [5.74, 6) is 4.83. The Morgan fingerprint density at radius 3 is 2.64 bits per heavy atom. The van der Waals surface area contributed by atoms with E-state index in [4.69, 9.17) is 0 Å². The van der Waals surface area contributed by atoms with Crippen LogP contribution in [0.1, 0.15) is 38.5 Å². The predicted octanol–water partition coefficient (Wildman–Crippen LogP) is 2.91. The van der Waals surface area contributed by atoms with Crippen LogP contribution in [0.3, 0.4) is 0 Å². The molecule has 2 heteroatoms. The van der Waals surface area contributed by atoms with Crippen molar-refractivity contribution in [2.45, 2.75) is 38.5 Å². The normalized spacial score (nSPS) is 28.7. The van der Waals surface area contributed by atoms with E-state index in [9.17, 15) is 0 Å². The lowest BCUT2D eigenvalue weighted by Gasteiger charge is -2.12. The summed E-state index contributed by atoms with van der Waals surface area (Å²) < 4.78 is 0. The third-order valence-electron chi connectivity index (χ3n) is 3.66. The van der Waals surface area contributed by atoms with Crippen molar-refractivity contribution in [3.63, 3.8) is 0 Å². The zero-order valence-corrected chi connectivity index (χ0v) is 9.95. The van der Waals surface area contributed by atoms with Crippen molar-refractivity contribution < 1.29 is 0 Å². The molecule has 2 fully saturated rings. The molecule has 1 aliphatic carbocycles. The van der Waals surface area contributed by atoms with E-state index in [-0.39, 0.29) is 0 Å². The fraction of sp³-hybridized carbons (Fsp3) is 1.00. The van der Waals surface area contributed by atoms with Crippen molar-refractivity contribution in [1.29, 1.82) is 0 Å². The molecule has 1 heterocycles. The van der Waals surface area contributed by atoms with Crippen LogP contribution in [-0.2, 0) is 0 Å². The van der Waals surface area contributed by atoms with Crippen LogP contribution in [0.15, 0.2) is 0 Å². The van der Waals surface area contributed by atoms with Gasteiger partial charge in [-0.3, -0.25) is 0 Å². The summed E-state index contributed by atoms with van der Waals surface area (Å²) in [6.45, 7) is 2.55. The van der Waals surface area contributed by atoms with Gasteiger partial charge in [0.25, 0.3) is 0 Å². The smallest absolute Gasteiger partial charge is 0.00123 e. The molecule has 1 unspecified atom stereocenters. The van der Waals surface area contributed by atoms with Crippen LogP contribution < -0.4 is 5.32 Å². The van der Waals surface area contributed by atoms with Gasteiger partial charge in [-0.2, -0.15) is 11.8 Å². The van der Waals surface area contributed by atoms with Gasteiger partial charge in [0.15, 0.2) is 0 Å². The molecule has 1 saturated carbocycles. The zero-order chi connectivity index (χ0) is 9.64. The van der Waals surface area contributed by atoms with E-state index in [0.29, 0.717) is 0 Å². The van der Waals surface area contributed by atoms with Gasteiger partial charge in [0, 0.05) is 0 Å². The molecule has 0 aromatic rings. The molecular weight excluding hydrogens is 190 g/mol. The molecule has 1 atom stereocenters. The Labute approximate surface area is 92.4 Å². The Morgan fingerprint density at radius 1 is 1.07 bits per heavy atom. The lowest BCUT2D eigenvalue weighted by atomic mass is 10.0. The summed E-state index contributed by atoms with van der Waals surface area (Å²) in [7, 11) is 0. The molecule has 82 valence electrons. The minimum atomic E-state index is 0.976. The quantitative estimate of drug-likeness (QED) is 0.705. The number of thioether (sulfide) groups is 1. The van der Waals surface area contributed by atoms with Crippen LogP contribution in [0, 0.1) is 11.8 Å². The highest BCUT2D eigenvalue weighted by Gasteiger charge is 2.16. The molecule has 1 N–H and O–H groups in total. The average molecular weight is 213 g/mol. The largest absolute Gasteiger partial charge is 0.316 e. The molecule has 2 rings (SSSR count). The molecule has 0 radical (unpaired) electrons. The first-order valence-corrected chi connectivity index (χ1v) is 7.39. The lowest BCUT2D eigenvalue weighted by molar-refractivity contribution is 0.452. The lowest BCUT2D eigenvalue weighted by Crippen LogP contribution is -2.24. The summed E-state index contributed by atoms with van der Waals surface area (Å²) >= 11 is 2.13. The van der Waals surface area contributed by atoms with Crippen LogP contribution in [0.5, 0.6) is 0 Å². The molecule has 2 aliphatic rings. The Morgan fingerprint density at radius 2 is 1.93 bits per heavy atom. The average Bonchev–Trinajstić information content (AvgIpc) is 2.86. The third kappa shape index (κ3) is 3.47. The fourth-order valence-corrected chi connectivity index (χ4v) is 3.94. The van der Waals surface area contributed by atoms with Crippen molar-refractivity contribution in [2.24, 2.45) is 11.8 Å². The summed E-state index contributed by atoms with van der Waals surface area (Å²) in [5.41, 5.74) is 0.